The van der Waals surface area contributed by atoms with Crippen molar-refractivity contribution in [3.8, 4) is 0 Å². The van der Waals surface area contributed by atoms with Crippen LogP contribution in [0.25, 0.3) is 0 Å². The van der Waals surface area contributed by atoms with Gasteiger partial charge in [0, 0.05) is 25.0 Å². The van der Waals surface area contributed by atoms with E-state index in [2.05, 4.69) is 4.98 Å². The number of aliphatic hydroxyl groups excluding tert-OH is 1. The lowest BCUT2D eigenvalue weighted by atomic mass is 9.91. The normalized spacial score (nSPS) is 20.7. The van der Waals surface area contributed by atoms with Gasteiger partial charge in [0.25, 0.3) is 5.91 Å². The van der Waals surface area contributed by atoms with E-state index in [1.54, 1.807) is 18.0 Å². The van der Waals surface area contributed by atoms with E-state index in [0.29, 0.717) is 25.9 Å². The molecule has 23 heavy (non-hydrogen) atoms. The predicted octanol–water partition coefficient (Wildman–Crippen LogP) is 3.35. The molecule has 3 rings (SSSR count). The van der Waals surface area contributed by atoms with E-state index < -0.39 is 0 Å². The highest BCUT2D eigenvalue weighted by molar-refractivity contribution is 7.99. The number of hydrogen-bond donors (Lipinski definition) is 1. The third kappa shape index (κ3) is 4.48. The van der Waals surface area contributed by atoms with E-state index in [-0.39, 0.29) is 12.0 Å². The fourth-order valence-corrected chi connectivity index (χ4v) is 4.63. The Labute approximate surface area is 142 Å². The molecule has 2 heterocycles. The summed E-state index contributed by atoms with van der Waals surface area (Å²) in [5.74, 6) is 1.90. The molecule has 0 unspecified atom stereocenters. The van der Waals surface area contributed by atoms with E-state index >= 15 is 0 Å². The first-order valence-electron chi connectivity index (χ1n) is 8.79. The number of carbonyl (C=O) groups excluding carboxylic acids is 1. The molecular weight excluding hydrogens is 308 g/mol. The average molecular weight is 334 g/mol. The number of nitrogens with zero attached hydrogens (tertiary/aromatic N) is 2. The first-order valence-corrected chi connectivity index (χ1v) is 9.78. The highest BCUT2D eigenvalue weighted by Gasteiger charge is 2.25. The topological polar surface area (TPSA) is 53.4 Å². The van der Waals surface area contributed by atoms with Crippen molar-refractivity contribution in [2.45, 2.75) is 56.1 Å². The molecule has 4 nitrogen and oxygen atoms in total. The van der Waals surface area contributed by atoms with E-state index in [0.717, 1.165) is 22.3 Å². The largest absolute Gasteiger partial charge is 0.393 e. The Kier molecular flexibility index (Phi) is 5.95. The van der Waals surface area contributed by atoms with Crippen LogP contribution in [0.2, 0.25) is 0 Å². The highest BCUT2D eigenvalue weighted by atomic mass is 32.2. The molecule has 0 atom stereocenters. The van der Waals surface area contributed by atoms with E-state index in [1.165, 1.54) is 32.1 Å². The summed E-state index contributed by atoms with van der Waals surface area (Å²) in [5, 5.41) is 10.5. The monoisotopic (exact) mass is 334 g/mol. The standard InChI is InChI=1S/C18H26N2O2S/c21-15-8-11-20(12-9-15)18(22)16-7-4-10-19-17(16)23-13-14-5-2-1-3-6-14/h4,7,10,14-15,21H,1-3,5-6,8-9,11-13H2. The maximum absolute atomic E-state index is 12.8. The van der Waals surface area contributed by atoms with Gasteiger partial charge in [-0.3, -0.25) is 4.79 Å². The quantitative estimate of drug-likeness (QED) is 0.858. The van der Waals surface area contributed by atoms with Gasteiger partial charge in [0.15, 0.2) is 0 Å². The summed E-state index contributed by atoms with van der Waals surface area (Å²) in [6.07, 6.45) is 9.56. The number of rotatable bonds is 4. The second-order valence-electron chi connectivity index (χ2n) is 6.69. The van der Waals surface area contributed by atoms with Crippen LogP contribution in [0.1, 0.15) is 55.3 Å². The molecule has 5 heteroatoms. The number of piperidine rings is 1. The summed E-state index contributed by atoms with van der Waals surface area (Å²) in [7, 11) is 0. The van der Waals surface area contributed by atoms with E-state index in [1.807, 2.05) is 17.0 Å². The minimum absolute atomic E-state index is 0.0659. The third-order valence-corrected chi connectivity index (χ3v) is 6.17. The lowest BCUT2D eigenvalue weighted by molar-refractivity contribution is 0.0543. The van der Waals surface area contributed by atoms with Gasteiger partial charge in [-0.25, -0.2) is 4.98 Å². The zero-order valence-corrected chi connectivity index (χ0v) is 14.4. The molecule has 2 aliphatic rings. The lowest BCUT2D eigenvalue weighted by Gasteiger charge is -2.30. The molecule has 1 aromatic rings. The molecule has 1 N–H and O–H groups in total. The Morgan fingerprint density at radius 3 is 2.70 bits per heavy atom. The Morgan fingerprint density at radius 1 is 1.22 bits per heavy atom. The van der Waals surface area contributed by atoms with Crippen LogP contribution in [-0.2, 0) is 0 Å². The van der Waals surface area contributed by atoms with Crippen molar-refractivity contribution in [2.75, 3.05) is 18.8 Å². The van der Waals surface area contributed by atoms with Gasteiger partial charge in [0.1, 0.15) is 5.03 Å². The minimum Gasteiger partial charge on any atom is -0.393 e. The zero-order valence-electron chi connectivity index (χ0n) is 13.6. The second-order valence-corrected chi connectivity index (χ2v) is 7.70. The molecule has 1 aliphatic carbocycles. The van der Waals surface area contributed by atoms with Crippen LogP contribution in [0.4, 0.5) is 0 Å². The molecule has 0 aromatic carbocycles. The van der Waals surface area contributed by atoms with Gasteiger partial charge in [-0.1, -0.05) is 19.3 Å². The molecule has 1 amide bonds. The summed E-state index contributed by atoms with van der Waals surface area (Å²) in [6.45, 7) is 1.28. The Hall–Kier alpha value is -1.07. The highest BCUT2D eigenvalue weighted by Crippen LogP contribution is 2.31. The Balaban J connectivity index is 1.63. The second kappa shape index (κ2) is 8.15. The number of aromatic nitrogens is 1. The molecule has 1 aromatic heterocycles. The number of pyridine rings is 1. The minimum atomic E-state index is -0.256. The van der Waals surface area contributed by atoms with Gasteiger partial charge in [-0.15, -0.1) is 11.8 Å². The Morgan fingerprint density at radius 2 is 1.96 bits per heavy atom. The van der Waals surface area contributed by atoms with Gasteiger partial charge in [-0.2, -0.15) is 0 Å². The van der Waals surface area contributed by atoms with Gasteiger partial charge in [-0.05, 0) is 43.7 Å². The third-order valence-electron chi connectivity index (χ3n) is 4.93. The molecule has 1 saturated carbocycles. The summed E-state index contributed by atoms with van der Waals surface area (Å²) >= 11 is 1.74. The van der Waals surface area contributed by atoms with E-state index in [9.17, 15) is 9.90 Å². The van der Waals surface area contributed by atoms with Crippen LogP contribution in [0.5, 0.6) is 0 Å². The van der Waals surface area contributed by atoms with Gasteiger partial charge < -0.3 is 10.0 Å². The van der Waals surface area contributed by atoms with Crippen molar-refractivity contribution in [1.29, 1.82) is 0 Å². The maximum atomic E-state index is 12.8. The fourth-order valence-electron chi connectivity index (χ4n) is 3.46. The number of thioether (sulfide) groups is 1. The van der Waals surface area contributed by atoms with Crippen LogP contribution >= 0.6 is 11.8 Å². The van der Waals surface area contributed by atoms with Gasteiger partial charge in [0.2, 0.25) is 0 Å². The molecule has 0 bridgehead atoms. The number of aliphatic hydroxyl groups is 1. The molecule has 1 aliphatic heterocycles. The van der Waals surface area contributed by atoms with Crippen molar-refractivity contribution < 1.29 is 9.90 Å². The smallest absolute Gasteiger partial charge is 0.256 e. The van der Waals surface area contributed by atoms with Crippen molar-refractivity contribution in [1.82, 2.24) is 9.88 Å². The number of amides is 1. The summed E-state index contributed by atoms with van der Waals surface area (Å²) in [5.41, 5.74) is 0.727. The van der Waals surface area contributed by atoms with Crippen LogP contribution in [0, 0.1) is 5.92 Å². The summed E-state index contributed by atoms with van der Waals surface area (Å²) < 4.78 is 0. The number of hydrogen-bond acceptors (Lipinski definition) is 4. The van der Waals surface area contributed by atoms with Crippen molar-refractivity contribution in [3.05, 3.63) is 23.9 Å². The van der Waals surface area contributed by atoms with Crippen LogP contribution in [0.3, 0.4) is 0 Å². The Bertz CT molecular complexity index is 524. The zero-order chi connectivity index (χ0) is 16.1. The molecule has 126 valence electrons. The van der Waals surface area contributed by atoms with Crippen molar-refractivity contribution >= 4 is 17.7 Å². The molecule has 2 fully saturated rings. The van der Waals surface area contributed by atoms with Crippen molar-refractivity contribution in [3.63, 3.8) is 0 Å². The van der Waals surface area contributed by atoms with E-state index in [4.69, 9.17) is 0 Å². The SMILES string of the molecule is O=C(c1cccnc1SCC1CCCCC1)N1CCC(O)CC1. The lowest BCUT2D eigenvalue weighted by Crippen LogP contribution is -2.40. The molecular formula is C18H26N2O2S. The van der Waals surface area contributed by atoms with Crippen molar-refractivity contribution in [2.24, 2.45) is 5.92 Å². The van der Waals surface area contributed by atoms with Crippen LogP contribution in [0.15, 0.2) is 23.4 Å². The molecule has 0 radical (unpaired) electrons. The first kappa shape index (κ1) is 16.8. The van der Waals surface area contributed by atoms with Gasteiger partial charge in [0.05, 0.1) is 11.7 Å². The fraction of sp³-hybridized carbons (Fsp3) is 0.667. The summed E-state index contributed by atoms with van der Waals surface area (Å²) in [6, 6.07) is 3.74. The average Bonchev–Trinajstić information content (AvgIpc) is 2.61. The molecule has 0 spiro atoms. The van der Waals surface area contributed by atoms with Crippen LogP contribution in [-0.4, -0.2) is 45.8 Å². The maximum Gasteiger partial charge on any atom is 0.256 e. The number of carbonyl (C=O) groups is 1. The van der Waals surface area contributed by atoms with Gasteiger partial charge >= 0.3 is 0 Å². The number of likely N-dealkylation sites (tertiary alicyclic amines) is 1. The predicted molar refractivity (Wildman–Crippen MR) is 92.7 cm³/mol. The summed E-state index contributed by atoms with van der Waals surface area (Å²) in [4.78, 5) is 19.1. The molecule has 1 saturated heterocycles. The first-order chi connectivity index (χ1) is 11.2. The van der Waals surface area contributed by atoms with Crippen LogP contribution < -0.4 is 0 Å².